The summed E-state index contributed by atoms with van der Waals surface area (Å²) in [4.78, 5) is 39.8. The molecule has 3 fully saturated rings. The molecule has 3 heterocycles. The van der Waals surface area contributed by atoms with Crippen molar-refractivity contribution in [1.29, 1.82) is 0 Å². The Kier molecular flexibility index (Phi) is 3.91. The predicted octanol–water partition coefficient (Wildman–Crippen LogP) is -0.0288. The van der Waals surface area contributed by atoms with Gasteiger partial charge in [-0.25, -0.2) is 4.79 Å². The lowest BCUT2D eigenvalue weighted by atomic mass is 10.1. The second-order valence-corrected chi connectivity index (χ2v) is 6.88. The first-order chi connectivity index (χ1) is 11.6. The van der Waals surface area contributed by atoms with Crippen LogP contribution in [0.4, 0.5) is 0 Å². The molecule has 2 unspecified atom stereocenters. The van der Waals surface area contributed by atoms with E-state index in [1.165, 1.54) is 0 Å². The van der Waals surface area contributed by atoms with Crippen molar-refractivity contribution in [3.8, 4) is 0 Å². The fraction of sp³-hybridized carbons (Fsp3) is 0.688. The third-order valence-electron chi connectivity index (χ3n) is 5.37. The average molecular weight is 335 g/mol. The summed E-state index contributed by atoms with van der Waals surface area (Å²) in [5, 5.41) is 3.14. The van der Waals surface area contributed by atoms with Crippen LogP contribution >= 0.6 is 0 Å². The lowest BCUT2D eigenvalue weighted by Gasteiger charge is -2.20. The first kappa shape index (κ1) is 15.4. The van der Waals surface area contributed by atoms with Crippen molar-refractivity contribution in [2.24, 2.45) is 17.8 Å². The molecule has 1 saturated carbocycles. The van der Waals surface area contributed by atoms with Gasteiger partial charge in [-0.3, -0.25) is 14.6 Å². The van der Waals surface area contributed by atoms with Crippen LogP contribution in [0.2, 0.25) is 0 Å². The van der Waals surface area contributed by atoms with Crippen molar-refractivity contribution < 1.29 is 18.7 Å². The van der Waals surface area contributed by atoms with E-state index in [9.17, 15) is 14.4 Å². The molecule has 1 aliphatic carbocycles. The number of likely N-dealkylation sites (tertiary alicyclic amines) is 1. The number of aromatic amines is 1. The van der Waals surface area contributed by atoms with E-state index in [4.69, 9.17) is 4.74 Å². The van der Waals surface area contributed by atoms with Gasteiger partial charge in [-0.2, -0.15) is 0 Å². The fourth-order valence-electron chi connectivity index (χ4n) is 3.93. The highest BCUT2D eigenvalue weighted by Crippen LogP contribution is 2.50. The lowest BCUT2D eigenvalue weighted by molar-refractivity contribution is -0.124. The van der Waals surface area contributed by atoms with Gasteiger partial charge in [0.15, 0.2) is 0 Å². The summed E-state index contributed by atoms with van der Waals surface area (Å²) < 4.78 is 9.95. The summed E-state index contributed by atoms with van der Waals surface area (Å²) >= 11 is 0. The second kappa shape index (κ2) is 6.08. The summed E-state index contributed by atoms with van der Waals surface area (Å²) in [7, 11) is 0. The monoisotopic (exact) mass is 335 g/mol. The molecular formula is C16H21N3O5. The number of aromatic nitrogens is 1. The maximum absolute atomic E-state index is 12.3. The van der Waals surface area contributed by atoms with E-state index in [1.54, 1.807) is 4.90 Å². The first-order valence-electron chi connectivity index (χ1n) is 8.48. The standard InChI is InChI=1S/C16H21N3O5/c20-14(13-10-6-23-7-11(10)13)17-9-2-1-4-19(5-3-9)15(21)12-8-24-16(22)18-12/h8-11,13H,1-7H2,(H,17,20)(H,18,22)/t9?,10-,11+,13?. The minimum absolute atomic E-state index is 0.0981. The van der Waals surface area contributed by atoms with Gasteiger partial charge >= 0.3 is 5.76 Å². The highest BCUT2D eigenvalue weighted by Gasteiger charge is 2.58. The number of nitrogens with zero attached hydrogens (tertiary/aromatic N) is 1. The molecule has 0 radical (unpaired) electrons. The number of carbonyl (C=O) groups excluding carboxylic acids is 2. The van der Waals surface area contributed by atoms with Gasteiger partial charge in [-0.05, 0) is 31.1 Å². The SMILES string of the molecule is O=C(NC1CCCN(C(=O)c2coc(=O)[nH]2)CC1)C1[C@H]2COC[C@@H]12. The van der Waals surface area contributed by atoms with Crippen LogP contribution in [0.3, 0.4) is 0 Å². The van der Waals surface area contributed by atoms with Gasteiger partial charge in [0.05, 0.1) is 13.2 Å². The lowest BCUT2D eigenvalue weighted by Crippen LogP contribution is -2.38. The van der Waals surface area contributed by atoms with Crippen molar-refractivity contribution in [3.05, 3.63) is 22.5 Å². The van der Waals surface area contributed by atoms with Gasteiger partial charge in [-0.1, -0.05) is 0 Å². The third kappa shape index (κ3) is 2.86. The number of carbonyl (C=O) groups is 2. The molecule has 0 bridgehead atoms. The van der Waals surface area contributed by atoms with Crippen LogP contribution < -0.4 is 11.1 Å². The Morgan fingerprint density at radius 2 is 2.00 bits per heavy atom. The van der Waals surface area contributed by atoms with Gasteiger partial charge in [0.25, 0.3) is 5.91 Å². The van der Waals surface area contributed by atoms with E-state index >= 15 is 0 Å². The molecule has 2 aliphatic heterocycles. The van der Waals surface area contributed by atoms with E-state index in [0.717, 1.165) is 25.5 Å². The van der Waals surface area contributed by atoms with Gasteiger partial charge in [-0.15, -0.1) is 0 Å². The topological polar surface area (TPSA) is 105 Å². The van der Waals surface area contributed by atoms with E-state index in [-0.39, 0.29) is 29.5 Å². The Balaban J connectivity index is 1.30. The molecule has 4 rings (SSSR count). The molecular weight excluding hydrogens is 314 g/mol. The zero-order valence-electron chi connectivity index (χ0n) is 13.3. The van der Waals surface area contributed by atoms with Crippen LogP contribution in [-0.2, 0) is 9.53 Å². The number of fused-ring (bicyclic) bond motifs is 1. The zero-order chi connectivity index (χ0) is 16.7. The van der Waals surface area contributed by atoms with E-state index < -0.39 is 5.76 Å². The number of hydrogen-bond acceptors (Lipinski definition) is 5. The molecule has 0 spiro atoms. The van der Waals surface area contributed by atoms with Gasteiger partial charge in [0.1, 0.15) is 12.0 Å². The van der Waals surface area contributed by atoms with Crippen LogP contribution in [0.1, 0.15) is 29.8 Å². The number of oxazole rings is 1. The summed E-state index contributed by atoms with van der Waals surface area (Å²) in [6.07, 6.45) is 3.55. The van der Waals surface area contributed by atoms with E-state index in [1.807, 2.05) is 0 Å². The van der Waals surface area contributed by atoms with Crippen LogP contribution in [0.15, 0.2) is 15.5 Å². The number of nitrogens with one attached hydrogen (secondary N) is 2. The third-order valence-corrected chi connectivity index (χ3v) is 5.37. The molecule has 2 amide bonds. The Bertz CT molecular complexity index is 686. The number of H-pyrrole nitrogens is 1. The smallest absolute Gasteiger partial charge is 0.416 e. The molecule has 8 nitrogen and oxygen atoms in total. The molecule has 1 aromatic rings. The van der Waals surface area contributed by atoms with Crippen molar-refractivity contribution in [1.82, 2.24) is 15.2 Å². The minimum atomic E-state index is -0.628. The van der Waals surface area contributed by atoms with E-state index in [0.29, 0.717) is 38.1 Å². The molecule has 2 N–H and O–H groups in total. The number of hydrogen-bond donors (Lipinski definition) is 2. The van der Waals surface area contributed by atoms with Crippen LogP contribution in [0.5, 0.6) is 0 Å². The molecule has 8 heteroatoms. The molecule has 0 aromatic carbocycles. The quantitative estimate of drug-likeness (QED) is 0.807. The molecule has 2 saturated heterocycles. The summed E-state index contributed by atoms with van der Waals surface area (Å²) in [5.41, 5.74) is 0.174. The maximum atomic E-state index is 12.3. The van der Waals surface area contributed by atoms with Crippen molar-refractivity contribution in [2.45, 2.75) is 25.3 Å². The van der Waals surface area contributed by atoms with Crippen LogP contribution in [0, 0.1) is 17.8 Å². The summed E-state index contributed by atoms with van der Waals surface area (Å²) in [6, 6.07) is 0.0981. The Morgan fingerprint density at radius 3 is 2.71 bits per heavy atom. The Hall–Kier alpha value is -2.09. The normalized spacial score (nSPS) is 32.1. The molecule has 3 aliphatic rings. The highest BCUT2D eigenvalue weighted by molar-refractivity contribution is 5.91. The van der Waals surface area contributed by atoms with Crippen molar-refractivity contribution in [3.63, 3.8) is 0 Å². The Morgan fingerprint density at radius 1 is 1.21 bits per heavy atom. The van der Waals surface area contributed by atoms with Crippen LogP contribution in [-0.4, -0.2) is 54.0 Å². The summed E-state index contributed by atoms with van der Waals surface area (Å²) in [5.74, 6) is 0.213. The number of rotatable bonds is 3. The number of ether oxygens (including phenoxy) is 1. The minimum Gasteiger partial charge on any atom is -0.416 e. The van der Waals surface area contributed by atoms with Crippen molar-refractivity contribution in [2.75, 3.05) is 26.3 Å². The fourth-order valence-corrected chi connectivity index (χ4v) is 3.93. The zero-order valence-corrected chi connectivity index (χ0v) is 13.3. The summed E-state index contributed by atoms with van der Waals surface area (Å²) in [6.45, 7) is 2.58. The number of amides is 2. The largest absolute Gasteiger partial charge is 0.416 e. The van der Waals surface area contributed by atoms with E-state index in [2.05, 4.69) is 14.7 Å². The van der Waals surface area contributed by atoms with Gasteiger partial charge in [0, 0.05) is 25.0 Å². The van der Waals surface area contributed by atoms with Gasteiger partial charge < -0.3 is 19.4 Å². The maximum Gasteiger partial charge on any atom is 0.416 e. The molecule has 130 valence electrons. The van der Waals surface area contributed by atoms with Gasteiger partial charge in [0.2, 0.25) is 5.91 Å². The van der Waals surface area contributed by atoms with Crippen LogP contribution in [0.25, 0.3) is 0 Å². The first-order valence-corrected chi connectivity index (χ1v) is 8.48. The highest BCUT2D eigenvalue weighted by atomic mass is 16.5. The average Bonchev–Trinajstić information content (AvgIpc) is 2.86. The predicted molar refractivity (Wildman–Crippen MR) is 82.3 cm³/mol. The Labute approximate surface area is 138 Å². The second-order valence-electron chi connectivity index (χ2n) is 6.88. The molecule has 4 atom stereocenters. The molecule has 24 heavy (non-hydrogen) atoms. The molecule has 1 aromatic heterocycles. The van der Waals surface area contributed by atoms with Crippen molar-refractivity contribution >= 4 is 11.8 Å².